The van der Waals surface area contributed by atoms with Crippen LogP contribution in [0.15, 0.2) is 47.9 Å². The highest BCUT2D eigenvalue weighted by molar-refractivity contribution is 5.96. The van der Waals surface area contributed by atoms with Gasteiger partial charge in [0.2, 0.25) is 0 Å². The Morgan fingerprint density at radius 1 is 1.18 bits per heavy atom. The molecule has 1 aromatic rings. The van der Waals surface area contributed by atoms with Gasteiger partial charge in [0, 0.05) is 11.6 Å². The van der Waals surface area contributed by atoms with Gasteiger partial charge in [-0.15, -0.1) is 0 Å². The number of carbonyl (C=O) groups is 1. The molecule has 1 heterocycles. The van der Waals surface area contributed by atoms with E-state index in [-0.39, 0.29) is 5.91 Å². The lowest BCUT2D eigenvalue weighted by Gasteiger charge is -2.12. The molecule has 4 nitrogen and oxygen atoms in total. The summed E-state index contributed by atoms with van der Waals surface area (Å²) in [4.78, 5) is 11.3. The third-order valence-corrected chi connectivity index (χ3v) is 2.44. The lowest BCUT2D eigenvalue weighted by molar-refractivity contribution is -0.115. The minimum absolute atomic E-state index is 0.206. The monoisotopic (exact) mass is 231 g/mol. The summed E-state index contributed by atoms with van der Waals surface area (Å²) in [6.07, 6.45) is 1.40. The molecule has 88 valence electrons. The highest BCUT2D eigenvalue weighted by atomic mass is 16.5. The van der Waals surface area contributed by atoms with Crippen molar-refractivity contribution >= 4 is 11.7 Å². The van der Waals surface area contributed by atoms with Gasteiger partial charge in [-0.05, 0) is 0 Å². The maximum Gasteiger partial charge on any atom is 0.252 e. The summed E-state index contributed by atoms with van der Waals surface area (Å²) in [5.74, 6) is 0.864. The Morgan fingerprint density at radius 3 is 2.47 bits per heavy atom. The quantitative estimate of drug-likeness (QED) is 0.805. The molecule has 1 N–H and O–H groups in total. The normalized spacial score (nSPS) is 17.3. The van der Waals surface area contributed by atoms with Crippen LogP contribution >= 0.6 is 0 Å². The van der Waals surface area contributed by atoms with Gasteiger partial charge < -0.3 is 14.8 Å². The lowest BCUT2D eigenvalue weighted by Crippen LogP contribution is -2.16. The molecule has 0 fully saturated rings. The molecule has 0 atom stereocenters. The number of benzene rings is 1. The first-order valence-corrected chi connectivity index (χ1v) is 5.17. The second kappa shape index (κ2) is 4.74. The minimum atomic E-state index is -0.206. The van der Waals surface area contributed by atoms with Gasteiger partial charge in [-0.2, -0.15) is 0 Å². The number of amides is 1. The van der Waals surface area contributed by atoms with E-state index in [9.17, 15) is 4.79 Å². The van der Waals surface area contributed by atoms with E-state index >= 15 is 0 Å². The Kier molecular flexibility index (Phi) is 3.14. The van der Waals surface area contributed by atoms with Crippen LogP contribution in [0, 0.1) is 0 Å². The van der Waals surface area contributed by atoms with E-state index in [4.69, 9.17) is 9.47 Å². The van der Waals surface area contributed by atoms with Crippen molar-refractivity contribution in [1.82, 2.24) is 5.32 Å². The maximum absolute atomic E-state index is 11.3. The fourth-order valence-electron chi connectivity index (χ4n) is 1.70. The van der Waals surface area contributed by atoms with Gasteiger partial charge in [-0.25, -0.2) is 0 Å². The van der Waals surface area contributed by atoms with E-state index in [2.05, 4.69) is 5.32 Å². The number of hydrogen-bond acceptors (Lipinski definition) is 3. The van der Waals surface area contributed by atoms with Gasteiger partial charge in [0.15, 0.2) is 11.5 Å². The molecule has 0 unspecified atom stereocenters. The summed E-state index contributed by atoms with van der Waals surface area (Å²) >= 11 is 0. The van der Waals surface area contributed by atoms with Crippen LogP contribution in [0.3, 0.4) is 0 Å². The molecule has 0 bridgehead atoms. The molecule has 1 aromatic carbocycles. The Bertz CT molecular complexity index is 489. The van der Waals surface area contributed by atoms with Crippen LogP contribution < -0.4 is 5.32 Å². The zero-order valence-electron chi connectivity index (χ0n) is 9.69. The van der Waals surface area contributed by atoms with Crippen molar-refractivity contribution in [2.45, 2.75) is 0 Å². The van der Waals surface area contributed by atoms with Crippen LogP contribution in [-0.4, -0.2) is 20.1 Å². The molecule has 0 spiro atoms. The Labute approximate surface area is 99.5 Å². The highest BCUT2D eigenvalue weighted by Gasteiger charge is 2.23. The summed E-state index contributed by atoms with van der Waals surface area (Å²) in [5, 5.41) is 2.70. The first kappa shape index (κ1) is 11.3. The molecule has 0 saturated carbocycles. The number of methoxy groups -OCH3 is 2. The van der Waals surface area contributed by atoms with Crippen molar-refractivity contribution in [1.29, 1.82) is 0 Å². The van der Waals surface area contributed by atoms with Crippen LogP contribution in [0.5, 0.6) is 0 Å². The molecular weight excluding hydrogens is 218 g/mol. The molecule has 4 heteroatoms. The summed E-state index contributed by atoms with van der Waals surface area (Å²) in [7, 11) is 3.08. The molecule has 1 aliphatic heterocycles. The molecule has 0 aliphatic carbocycles. The molecule has 1 aliphatic rings. The predicted octanol–water partition coefficient (Wildman–Crippen LogP) is 1.66. The summed E-state index contributed by atoms with van der Waals surface area (Å²) in [5.41, 5.74) is 1.45. The van der Waals surface area contributed by atoms with Crippen LogP contribution in [0.1, 0.15) is 5.56 Å². The average Bonchev–Trinajstić information content (AvgIpc) is 2.73. The van der Waals surface area contributed by atoms with Gasteiger partial charge in [0.05, 0.1) is 14.2 Å². The maximum atomic E-state index is 11.3. The van der Waals surface area contributed by atoms with Crippen molar-refractivity contribution in [3.05, 3.63) is 53.4 Å². The summed E-state index contributed by atoms with van der Waals surface area (Å²) < 4.78 is 10.5. The zero-order valence-corrected chi connectivity index (χ0v) is 9.69. The third-order valence-electron chi connectivity index (χ3n) is 2.44. The number of nitrogens with one attached hydrogen (secondary N) is 1. The average molecular weight is 231 g/mol. The van der Waals surface area contributed by atoms with Gasteiger partial charge >= 0.3 is 0 Å². The van der Waals surface area contributed by atoms with E-state index < -0.39 is 0 Å². The summed E-state index contributed by atoms with van der Waals surface area (Å²) in [6.45, 7) is 0. The van der Waals surface area contributed by atoms with E-state index in [0.717, 1.165) is 5.56 Å². The molecule has 0 radical (unpaired) electrons. The second-order valence-corrected chi connectivity index (χ2v) is 3.48. The van der Waals surface area contributed by atoms with E-state index in [1.54, 1.807) is 7.11 Å². The fourth-order valence-corrected chi connectivity index (χ4v) is 1.70. The van der Waals surface area contributed by atoms with Crippen LogP contribution in [0.25, 0.3) is 5.76 Å². The number of rotatable bonds is 3. The fraction of sp³-hybridized carbons (Fsp3) is 0.154. The van der Waals surface area contributed by atoms with Gasteiger partial charge in [0.1, 0.15) is 5.70 Å². The first-order valence-electron chi connectivity index (χ1n) is 5.17. The Hall–Kier alpha value is -2.23. The lowest BCUT2D eigenvalue weighted by atomic mass is 10.1. The third kappa shape index (κ3) is 2.15. The van der Waals surface area contributed by atoms with Crippen molar-refractivity contribution in [2.75, 3.05) is 14.2 Å². The number of carbonyl (C=O) groups excluding carboxylic acids is 1. The molecule has 2 rings (SSSR count). The van der Waals surface area contributed by atoms with Crippen LogP contribution in [-0.2, 0) is 14.3 Å². The summed E-state index contributed by atoms with van der Waals surface area (Å²) in [6, 6.07) is 9.54. The smallest absolute Gasteiger partial charge is 0.252 e. The van der Waals surface area contributed by atoms with Crippen LogP contribution in [0.4, 0.5) is 0 Å². The van der Waals surface area contributed by atoms with Gasteiger partial charge in [-0.3, -0.25) is 4.79 Å². The van der Waals surface area contributed by atoms with Crippen molar-refractivity contribution < 1.29 is 14.3 Å². The molecular formula is C13H13NO3. The van der Waals surface area contributed by atoms with Crippen LogP contribution in [0.2, 0.25) is 0 Å². The highest BCUT2D eigenvalue weighted by Crippen LogP contribution is 2.25. The number of hydrogen-bond donors (Lipinski definition) is 1. The van der Waals surface area contributed by atoms with Gasteiger partial charge in [-0.1, -0.05) is 30.3 Å². The Morgan fingerprint density at radius 2 is 1.88 bits per heavy atom. The molecule has 0 saturated heterocycles. The predicted molar refractivity (Wildman–Crippen MR) is 63.6 cm³/mol. The first-order chi connectivity index (χ1) is 8.26. The topological polar surface area (TPSA) is 47.6 Å². The largest absolute Gasteiger partial charge is 0.494 e. The molecule has 17 heavy (non-hydrogen) atoms. The van der Waals surface area contributed by atoms with Crippen molar-refractivity contribution in [2.24, 2.45) is 0 Å². The van der Waals surface area contributed by atoms with Crippen molar-refractivity contribution in [3.63, 3.8) is 0 Å². The Balaban J connectivity index is 2.48. The van der Waals surface area contributed by atoms with E-state index in [1.807, 2.05) is 30.3 Å². The van der Waals surface area contributed by atoms with E-state index in [1.165, 1.54) is 13.2 Å². The van der Waals surface area contributed by atoms with Crippen molar-refractivity contribution in [3.8, 4) is 0 Å². The standard InChI is InChI=1S/C13H13NO3/c1-16-10-8-11(15)14-12(10)13(17-2)9-6-4-3-5-7-9/h3-8H,1-2H3,(H,14,15)/b13-12-. The minimum Gasteiger partial charge on any atom is -0.494 e. The van der Waals surface area contributed by atoms with Gasteiger partial charge in [0.25, 0.3) is 5.91 Å². The second-order valence-electron chi connectivity index (χ2n) is 3.48. The SMILES string of the molecule is COC1=CC(=O)N/C1=C(\OC)c1ccccc1. The number of ether oxygens (including phenoxy) is 2. The van der Waals surface area contributed by atoms with E-state index in [0.29, 0.717) is 17.2 Å². The molecule has 0 aromatic heterocycles. The zero-order chi connectivity index (χ0) is 12.3. The molecule has 1 amide bonds.